The van der Waals surface area contributed by atoms with Crippen molar-refractivity contribution in [1.29, 1.82) is 0 Å². The van der Waals surface area contributed by atoms with E-state index in [0.29, 0.717) is 6.54 Å². The Bertz CT molecular complexity index is 630. The highest BCUT2D eigenvalue weighted by molar-refractivity contribution is 5.66. The van der Waals surface area contributed by atoms with Gasteiger partial charge in [0.05, 0.1) is 31.7 Å². The van der Waals surface area contributed by atoms with Crippen LogP contribution in [0.4, 0.5) is 5.69 Å². The number of benzene rings is 2. The molecule has 2 aromatic rings. The molecule has 0 radical (unpaired) electrons. The summed E-state index contributed by atoms with van der Waals surface area (Å²) >= 11 is 0. The van der Waals surface area contributed by atoms with Crippen molar-refractivity contribution in [2.75, 3.05) is 18.2 Å². The lowest BCUT2D eigenvalue weighted by Gasteiger charge is -2.27. The van der Waals surface area contributed by atoms with E-state index in [2.05, 4.69) is 5.10 Å². The lowest BCUT2D eigenvalue weighted by molar-refractivity contribution is -0.106. The third kappa shape index (κ3) is 4.62. The van der Waals surface area contributed by atoms with Gasteiger partial charge >= 0.3 is 0 Å². The maximum absolute atomic E-state index is 9.98. The van der Waals surface area contributed by atoms with Gasteiger partial charge in [-0.3, -0.25) is 5.01 Å². The third-order valence-corrected chi connectivity index (χ3v) is 3.67. The van der Waals surface area contributed by atoms with Crippen LogP contribution in [-0.4, -0.2) is 51.6 Å². The van der Waals surface area contributed by atoms with Crippen molar-refractivity contribution in [3.63, 3.8) is 0 Å². The number of hydrogen-bond acceptors (Lipinski definition) is 6. The second kappa shape index (κ2) is 8.56. The number of aliphatic hydroxyl groups excluding tert-OH is 3. The van der Waals surface area contributed by atoms with E-state index in [9.17, 15) is 10.2 Å². The summed E-state index contributed by atoms with van der Waals surface area (Å²) in [5.41, 5.74) is -0.201. The van der Waals surface area contributed by atoms with Crippen LogP contribution in [0.3, 0.4) is 0 Å². The van der Waals surface area contributed by atoms with Crippen molar-refractivity contribution in [3.05, 3.63) is 66.2 Å². The van der Waals surface area contributed by atoms with E-state index in [4.69, 9.17) is 10.2 Å². The molecule has 0 saturated heterocycles. The first-order valence-corrected chi connectivity index (χ1v) is 7.62. The Morgan fingerprint density at radius 1 is 0.958 bits per heavy atom. The second-order valence-electron chi connectivity index (χ2n) is 5.51. The summed E-state index contributed by atoms with van der Waals surface area (Å²) in [5.74, 6) is 0. The van der Waals surface area contributed by atoms with Gasteiger partial charge in [0.15, 0.2) is 0 Å². The molecule has 128 valence electrons. The van der Waals surface area contributed by atoms with Crippen LogP contribution in [0.5, 0.6) is 0 Å². The molecule has 0 heterocycles. The average Bonchev–Trinajstić information content (AvgIpc) is 2.65. The highest BCUT2D eigenvalue weighted by atomic mass is 16.4. The smallest absolute Gasteiger partial charge is 0.141 e. The fourth-order valence-corrected chi connectivity index (χ4v) is 2.07. The van der Waals surface area contributed by atoms with E-state index in [1.165, 1.54) is 0 Å². The second-order valence-corrected chi connectivity index (χ2v) is 5.51. The zero-order valence-electron chi connectivity index (χ0n) is 13.2. The molecule has 4 N–H and O–H groups in total. The molecule has 6 nitrogen and oxygen atoms in total. The van der Waals surface area contributed by atoms with Crippen LogP contribution in [0.15, 0.2) is 65.8 Å². The summed E-state index contributed by atoms with van der Waals surface area (Å²) in [6.45, 7) is -1.09. The molecule has 0 aromatic heterocycles. The van der Waals surface area contributed by atoms with Gasteiger partial charge in [0.25, 0.3) is 0 Å². The highest BCUT2D eigenvalue weighted by Gasteiger charge is 2.33. The number of hydrazone groups is 1. The first kappa shape index (κ1) is 18.1. The van der Waals surface area contributed by atoms with Crippen molar-refractivity contribution >= 4 is 11.9 Å². The molecule has 2 rings (SSSR count). The van der Waals surface area contributed by atoms with E-state index in [1.54, 1.807) is 5.01 Å². The van der Waals surface area contributed by atoms with Crippen LogP contribution in [-0.2, 0) is 6.54 Å². The predicted octanol–water partition coefficient (Wildman–Crippen LogP) is 0.756. The first-order valence-electron chi connectivity index (χ1n) is 7.62. The van der Waals surface area contributed by atoms with Crippen molar-refractivity contribution in [2.24, 2.45) is 5.10 Å². The Kier molecular flexibility index (Phi) is 6.45. The summed E-state index contributed by atoms with van der Waals surface area (Å²) in [6.07, 6.45) is -0.392. The number of aliphatic hydroxyl groups is 4. The zero-order chi connectivity index (χ0) is 17.4. The Morgan fingerprint density at radius 2 is 1.50 bits per heavy atom. The predicted molar refractivity (Wildman–Crippen MR) is 92.7 cm³/mol. The molecule has 1 unspecified atom stereocenters. The lowest BCUT2D eigenvalue weighted by atomic mass is 10.00. The molecular weight excluding hydrogens is 308 g/mol. The van der Waals surface area contributed by atoms with Gasteiger partial charge in [0, 0.05) is 0 Å². The maximum Gasteiger partial charge on any atom is 0.141 e. The van der Waals surface area contributed by atoms with Crippen molar-refractivity contribution in [3.8, 4) is 0 Å². The monoisotopic (exact) mass is 330 g/mol. The fourth-order valence-electron chi connectivity index (χ4n) is 2.07. The van der Waals surface area contributed by atoms with Crippen molar-refractivity contribution in [1.82, 2.24) is 0 Å². The Morgan fingerprint density at radius 3 is 2.04 bits per heavy atom. The van der Waals surface area contributed by atoms with Gasteiger partial charge in [0.1, 0.15) is 11.7 Å². The van der Waals surface area contributed by atoms with Crippen LogP contribution >= 0.6 is 0 Å². The quantitative estimate of drug-likeness (QED) is 0.423. The van der Waals surface area contributed by atoms with Crippen molar-refractivity contribution < 1.29 is 20.4 Å². The molecule has 6 heteroatoms. The first-order chi connectivity index (χ1) is 11.6. The summed E-state index contributed by atoms with van der Waals surface area (Å²) in [7, 11) is 0. The third-order valence-electron chi connectivity index (χ3n) is 3.67. The van der Waals surface area contributed by atoms with Crippen LogP contribution < -0.4 is 5.01 Å². The Balaban J connectivity index is 2.22. The molecule has 0 saturated carbocycles. The van der Waals surface area contributed by atoms with Gasteiger partial charge in [-0.15, -0.1) is 0 Å². The summed E-state index contributed by atoms with van der Waals surface area (Å²) in [6, 6.07) is 19.1. The van der Waals surface area contributed by atoms with E-state index >= 15 is 0 Å². The average molecular weight is 330 g/mol. The number of nitrogens with zero attached hydrogens (tertiary/aromatic N) is 2. The number of hydrogen-bond donors (Lipinski definition) is 4. The highest BCUT2D eigenvalue weighted by Crippen LogP contribution is 2.17. The fraction of sp³-hybridized carbons (Fsp3) is 0.278. The van der Waals surface area contributed by atoms with Gasteiger partial charge in [0.2, 0.25) is 0 Å². The molecule has 0 aliphatic heterocycles. The summed E-state index contributed by atoms with van der Waals surface area (Å²) < 4.78 is 0. The van der Waals surface area contributed by atoms with Gasteiger partial charge in [-0.25, -0.2) is 0 Å². The maximum atomic E-state index is 9.98. The number of anilines is 1. The normalized spacial score (nSPS) is 13.2. The molecule has 0 amide bonds. The minimum atomic E-state index is -2.03. The van der Waals surface area contributed by atoms with Gasteiger partial charge in [-0.05, 0) is 17.7 Å². The molecule has 24 heavy (non-hydrogen) atoms. The largest absolute Gasteiger partial charge is 0.393 e. The molecular formula is C18H22N2O4. The molecule has 0 bridgehead atoms. The Hall–Kier alpha value is -2.25. The lowest BCUT2D eigenvalue weighted by Crippen LogP contribution is -2.50. The molecule has 2 aromatic carbocycles. The van der Waals surface area contributed by atoms with E-state index in [1.807, 2.05) is 60.7 Å². The molecule has 0 aliphatic carbocycles. The zero-order valence-corrected chi connectivity index (χ0v) is 13.2. The van der Waals surface area contributed by atoms with Crippen LogP contribution in [0, 0.1) is 0 Å². The van der Waals surface area contributed by atoms with Crippen molar-refractivity contribution in [2.45, 2.75) is 18.2 Å². The molecule has 0 aliphatic rings. The van der Waals surface area contributed by atoms with E-state index < -0.39 is 24.9 Å². The van der Waals surface area contributed by atoms with E-state index in [0.717, 1.165) is 17.5 Å². The Labute approximate surface area is 140 Å². The number of rotatable bonds is 8. The van der Waals surface area contributed by atoms with Crippen LogP contribution in [0.1, 0.15) is 5.56 Å². The minimum Gasteiger partial charge on any atom is -0.393 e. The molecule has 1 atom stereocenters. The summed E-state index contributed by atoms with van der Waals surface area (Å²) in [4.78, 5) is 0. The van der Waals surface area contributed by atoms with Gasteiger partial charge in [-0.1, -0.05) is 48.5 Å². The molecule has 0 fully saturated rings. The van der Waals surface area contributed by atoms with Gasteiger partial charge in [-0.2, -0.15) is 5.10 Å². The summed E-state index contributed by atoms with van der Waals surface area (Å²) in [5, 5.41) is 44.0. The molecule has 0 spiro atoms. The number of para-hydroxylation sites is 1. The van der Waals surface area contributed by atoms with Crippen LogP contribution in [0.2, 0.25) is 0 Å². The SMILES string of the molecule is OCC(O)(CO)C(O)/C=N/N(Cc1ccccc1)c1ccccc1. The topological polar surface area (TPSA) is 96.5 Å². The van der Waals surface area contributed by atoms with Crippen LogP contribution in [0.25, 0.3) is 0 Å². The van der Waals surface area contributed by atoms with E-state index in [-0.39, 0.29) is 0 Å². The van der Waals surface area contributed by atoms with Gasteiger partial charge < -0.3 is 20.4 Å². The standard InChI is InChI=1S/C18H22N2O4/c21-13-18(24,14-22)17(23)11-19-20(16-9-5-2-6-10-16)12-15-7-3-1-4-8-15/h1-11,17,21-24H,12-14H2/b19-11+. The minimum absolute atomic E-state index is 0.463.